The number of ether oxygens (including phenoxy) is 1. The molecule has 1 aromatic heterocycles. The van der Waals surface area contributed by atoms with E-state index in [2.05, 4.69) is 5.32 Å². The van der Waals surface area contributed by atoms with Crippen LogP contribution in [-0.2, 0) is 27.3 Å². The summed E-state index contributed by atoms with van der Waals surface area (Å²) in [6.07, 6.45) is 1.69. The van der Waals surface area contributed by atoms with Crippen molar-refractivity contribution in [2.45, 2.75) is 70.7 Å². The van der Waals surface area contributed by atoms with Gasteiger partial charge in [0, 0.05) is 13.0 Å². The maximum atomic E-state index is 13.2. The van der Waals surface area contributed by atoms with Crippen molar-refractivity contribution in [3.8, 4) is 11.1 Å². The second-order valence-corrected chi connectivity index (χ2v) is 12.0. The van der Waals surface area contributed by atoms with Crippen molar-refractivity contribution in [1.29, 1.82) is 0 Å². The number of aliphatic hydroxyl groups is 1. The Morgan fingerprint density at radius 3 is 2.48 bits per heavy atom. The molecule has 1 fully saturated rings. The van der Waals surface area contributed by atoms with Crippen LogP contribution < -0.4 is 15.9 Å². The second-order valence-electron chi connectivity index (χ2n) is 11.0. The van der Waals surface area contributed by atoms with E-state index in [1.54, 1.807) is 25.3 Å². The number of fused-ring (bicyclic) bond motifs is 1. The number of carbonyl (C=O) groups is 3. The molecule has 2 unspecified atom stereocenters. The van der Waals surface area contributed by atoms with E-state index in [0.717, 1.165) is 51.1 Å². The number of nitrogens with one attached hydrogen (secondary N) is 1. The molecule has 40 heavy (non-hydrogen) atoms. The quantitative estimate of drug-likeness (QED) is 0.381. The number of nitrogens with zero attached hydrogens (tertiary/aromatic N) is 2. The number of nitrogens with two attached hydrogens (primary N) is 1. The zero-order valence-corrected chi connectivity index (χ0v) is 23.8. The maximum absolute atomic E-state index is 13.2. The molecule has 0 bridgehead atoms. The van der Waals surface area contributed by atoms with Gasteiger partial charge in [0.1, 0.15) is 17.7 Å². The molecule has 11 heteroatoms. The lowest BCUT2D eigenvalue weighted by molar-refractivity contribution is -0.131. The minimum Gasteiger partial charge on any atom is -0.444 e. The van der Waals surface area contributed by atoms with Gasteiger partial charge in [-0.25, -0.2) is 4.79 Å². The average Bonchev–Trinajstić information content (AvgIpc) is 3.21. The molecule has 0 spiro atoms. The van der Waals surface area contributed by atoms with E-state index in [-0.39, 0.29) is 24.4 Å². The van der Waals surface area contributed by atoms with Gasteiger partial charge < -0.3 is 20.9 Å². The lowest BCUT2D eigenvalue weighted by atomic mass is 9.99. The van der Waals surface area contributed by atoms with Crippen LogP contribution in [0.4, 0.5) is 4.79 Å². The number of thiazole rings is 1. The SMILES string of the molecule is CC(C)(C)OC(=O)N1CCCCC1C(=O)NC(Cc1ccc(-c2ccc3c(c2)sc(=O)n3CCO)cc1)C(N)=O. The number of rotatable bonds is 8. The molecule has 2 aromatic carbocycles. The third-order valence-electron chi connectivity index (χ3n) is 6.81. The van der Waals surface area contributed by atoms with Crippen molar-refractivity contribution in [3.63, 3.8) is 0 Å². The van der Waals surface area contributed by atoms with E-state index < -0.39 is 35.6 Å². The summed E-state index contributed by atoms with van der Waals surface area (Å²) in [6.45, 7) is 5.87. The van der Waals surface area contributed by atoms with E-state index in [1.807, 2.05) is 42.5 Å². The lowest BCUT2D eigenvalue weighted by Gasteiger charge is -2.36. The Hall–Kier alpha value is -3.70. The fraction of sp³-hybridized carbons (Fsp3) is 0.448. The van der Waals surface area contributed by atoms with Crippen LogP contribution in [0.2, 0.25) is 0 Å². The van der Waals surface area contributed by atoms with Crippen molar-refractivity contribution < 1.29 is 24.2 Å². The number of piperidine rings is 1. The number of carbonyl (C=O) groups excluding carboxylic acids is 3. The van der Waals surface area contributed by atoms with Crippen LogP contribution in [0, 0.1) is 0 Å². The average molecular weight is 569 g/mol. The van der Waals surface area contributed by atoms with Crippen molar-refractivity contribution in [2.24, 2.45) is 5.73 Å². The number of hydrogen-bond acceptors (Lipinski definition) is 7. The minimum atomic E-state index is -0.944. The van der Waals surface area contributed by atoms with E-state index >= 15 is 0 Å². The third-order valence-corrected chi connectivity index (χ3v) is 7.75. The first-order chi connectivity index (χ1) is 19.0. The van der Waals surface area contributed by atoms with Crippen LogP contribution in [0.3, 0.4) is 0 Å². The predicted molar refractivity (Wildman–Crippen MR) is 154 cm³/mol. The number of benzene rings is 2. The van der Waals surface area contributed by atoms with Crippen molar-refractivity contribution >= 4 is 39.5 Å². The van der Waals surface area contributed by atoms with Gasteiger partial charge in [-0.05, 0) is 68.9 Å². The second kappa shape index (κ2) is 12.2. The standard InChI is InChI=1S/C29H36N4O6S/c1-29(2,3)39-27(37)32-13-5-4-6-23(32)26(36)31-21(25(30)35)16-18-7-9-19(10-8-18)20-11-12-22-24(17-20)40-28(38)33(22)14-15-34/h7-12,17,21,23,34H,4-6,13-16H2,1-3H3,(H2,30,35)(H,31,36). The molecule has 4 rings (SSSR count). The Balaban J connectivity index is 1.45. The van der Waals surface area contributed by atoms with Crippen LogP contribution in [0.15, 0.2) is 47.3 Å². The zero-order valence-electron chi connectivity index (χ0n) is 23.0. The molecule has 2 atom stereocenters. The molecule has 2 heterocycles. The summed E-state index contributed by atoms with van der Waals surface area (Å²) in [7, 11) is 0. The Labute approximate surface area is 236 Å². The van der Waals surface area contributed by atoms with Gasteiger partial charge in [0.05, 0.1) is 23.4 Å². The highest BCUT2D eigenvalue weighted by molar-refractivity contribution is 7.16. The first-order valence-corrected chi connectivity index (χ1v) is 14.2. The molecule has 3 aromatic rings. The number of amides is 3. The summed E-state index contributed by atoms with van der Waals surface area (Å²) in [5, 5.41) is 12.0. The molecule has 1 aliphatic rings. The van der Waals surface area contributed by atoms with Gasteiger partial charge in [0.15, 0.2) is 0 Å². The highest BCUT2D eigenvalue weighted by Gasteiger charge is 2.36. The predicted octanol–water partition coefficient (Wildman–Crippen LogP) is 3.02. The number of primary amides is 1. The molecule has 0 radical (unpaired) electrons. The lowest BCUT2D eigenvalue weighted by Crippen LogP contribution is -2.56. The maximum Gasteiger partial charge on any atom is 0.410 e. The Kier molecular flexibility index (Phi) is 8.95. The van der Waals surface area contributed by atoms with Gasteiger partial charge >= 0.3 is 11.0 Å². The molecule has 4 N–H and O–H groups in total. The molecule has 0 saturated carbocycles. The summed E-state index contributed by atoms with van der Waals surface area (Å²) < 4.78 is 7.88. The first-order valence-electron chi connectivity index (χ1n) is 13.4. The van der Waals surface area contributed by atoms with Gasteiger partial charge in [0.2, 0.25) is 11.8 Å². The topological polar surface area (TPSA) is 144 Å². The Bertz CT molecular complexity index is 1440. The molecule has 1 aliphatic heterocycles. The van der Waals surface area contributed by atoms with Crippen LogP contribution in [0.25, 0.3) is 21.3 Å². The van der Waals surface area contributed by atoms with Gasteiger partial charge in [-0.3, -0.25) is 23.9 Å². The number of aromatic nitrogens is 1. The van der Waals surface area contributed by atoms with E-state index in [0.29, 0.717) is 13.0 Å². The molecule has 1 saturated heterocycles. The normalized spacial score (nSPS) is 16.5. The van der Waals surface area contributed by atoms with Gasteiger partial charge in [-0.1, -0.05) is 41.7 Å². The van der Waals surface area contributed by atoms with Crippen LogP contribution >= 0.6 is 11.3 Å². The first kappa shape index (κ1) is 29.3. The van der Waals surface area contributed by atoms with Crippen LogP contribution in [-0.4, -0.2) is 63.3 Å². The summed E-state index contributed by atoms with van der Waals surface area (Å²) in [5.74, 6) is -1.09. The smallest absolute Gasteiger partial charge is 0.410 e. The Morgan fingerprint density at radius 2 is 1.82 bits per heavy atom. The van der Waals surface area contributed by atoms with Gasteiger partial charge in [-0.15, -0.1) is 0 Å². The number of hydrogen-bond donors (Lipinski definition) is 3. The van der Waals surface area contributed by atoms with Crippen molar-refractivity contribution in [3.05, 3.63) is 57.7 Å². The summed E-state index contributed by atoms with van der Waals surface area (Å²) in [5.41, 5.74) is 8.41. The number of likely N-dealkylation sites (tertiary alicyclic amines) is 1. The Morgan fingerprint density at radius 1 is 1.12 bits per heavy atom. The summed E-state index contributed by atoms with van der Waals surface area (Å²) in [4.78, 5) is 51.7. The van der Waals surface area contributed by atoms with Gasteiger partial charge in [0.25, 0.3) is 0 Å². The number of aliphatic hydroxyl groups excluding tert-OH is 1. The molecule has 0 aliphatic carbocycles. The summed E-state index contributed by atoms with van der Waals surface area (Å²) in [6, 6.07) is 11.6. The third kappa shape index (κ3) is 6.89. The molecule has 10 nitrogen and oxygen atoms in total. The van der Waals surface area contributed by atoms with Crippen LogP contribution in [0.5, 0.6) is 0 Å². The largest absolute Gasteiger partial charge is 0.444 e. The molecular formula is C29H36N4O6S. The van der Waals surface area contributed by atoms with E-state index in [9.17, 15) is 24.3 Å². The summed E-state index contributed by atoms with van der Waals surface area (Å²) >= 11 is 1.14. The molecular weight excluding hydrogens is 532 g/mol. The van der Waals surface area contributed by atoms with E-state index in [4.69, 9.17) is 10.5 Å². The monoisotopic (exact) mass is 568 g/mol. The van der Waals surface area contributed by atoms with Crippen LogP contribution in [0.1, 0.15) is 45.6 Å². The zero-order chi connectivity index (χ0) is 29.0. The van der Waals surface area contributed by atoms with Crippen molar-refractivity contribution in [1.82, 2.24) is 14.8 Å². The highest BCUT2D eigenvalue weighted by atomic mass is 32.1. The highest BCUT2D eigenvalue weighted by Crippen LogP contribution is 2.27. The molecule has 3 amide bonds. The molecule has 214 valence electrons. The fourth-order valence-corrected chi connectivity index (χ4v) is 5.82. The van der Waals surface area contributed by atoms with Crippen molar-refractivity contribution in [2.75, 3.05) is 13.2 Å². The fourth-order valence-electron chi connectivity index (χ4n) is 4.86. The van der Waals surface area contributed by atoms with E-state index in [1.165, 1.54) is 4.90 Å². The minimum absolute atomic E-state index is 0.107. The van der Waals surface area contributed by atoms with Gasteiger partial charge in [-0.2, -0.15) is 0 Å².